The van der Waals surface area contributed by atoms with Gasteiger partial charge in [-0.15, -0.1) is 9.97 Å². The van der Waals surface area contributed by atoms with E-state index in [4.69, 9.17) is 13.1 Å². The normalized spacial score (nSPS) is 11.0. The molecular weight excluding hydrogens is 326 g/mol. The summed E-state index contributed by atoms with van der Waals surface area (Å²) in [6.45, 7) is 14.3. The van der Waals surface area contributed by atoms with Gasteiger partial charge in [0, 0.05) is 21.9 Å². The lowest BCUT2D eigenvalue weighted by Gasteiger charge is -2.02. The van der Waals surface area contributed by atoms with Gasteiger partial charge in [0.1, 0.15) is 11.4 Å². The number of nitrogens with zero attached hydrogens (tertiary/aromatic N) is 7. The van der Waals surface area contributed by atoms with Crippen molar-refractivity contribution in [3.05, 3.63) is 58.7 Å². The second-order valence-electron chi connectivity index (χ2n) is 5.66. The molecule has 0 spiro atoms. The van der Waals surface area contributed by atoms with Gasteiger partial charge in [0.25, 0.3) is 11.6 Å². The molecule has 5 rings (SSSR count). The van der Waals surface area contributed by atoms with Gasteiger partial charge < -0.3 is 9.69 Å². The van der Waals surface area contributed by atoms with E-state index in [2.05, 4.69) is 35.7 Å². The molecule has 1 aliphatic rings. The Balaban J connectivity index is 1.92. The molecule has 0 radical (unpaired) electrons. The summed E-state index contributed by atoms with van der Waals surface area (Å²) < 4.78 is 0. The van der Waals surface area contributed by atoms with Gasteiger partial charge in [-0.1, -0.05) is 37.4 Å². The minimum Gasteiger partial charge on any atom is -0.370 e. The van der Waals surface area contributed by atoms with E-state index < -0.39 is 0 Å². The third-order valence-corrected chi connectivity index (χ3v) is 4.37. The Morgan fingerprint density at radius 2 is 1.42 bits per heavy atom. The molecule has 2 aromatic carbocycles. The van der Waals surface area contributed by atoms with Crippen LogP contribution in [0.15, 0.2) is 30.3 Å². The zero-order valence-corrected chi connectivity index (χ0v) is 13.0. The lowest BCUT2D eigenvalue weighted by molar-refractivity contribution is 1.19. The number of fused-ring (bicyclic) bond motifs is 4. The van der Waals surface area contributed by atoms with Gasteiger partial charge in [-0.25, -0.2) is 0 Å². The summed E-state index contributed by atoms with van der Waals surface area (Å²) in [5, 5.41) is 11.1. The molecule has 7 nitrogen and oxygen atoms in total. The largest absolute Gasteiger partial charge is 0.370 e. The van der Waals surface area contributed by atoms with Crippen molar-refractivity contribution in [2.24, 2.45) is 0 Å². The predicted octanol–water partition coefficient (Wildman–Crippen LogP) is 4.19. The van der Waals surface area contributed by atoms with Gasteiger partial charge in [-0.05, 0) is 6.07 Å². The molecule has 1 aliphatic carbocycles. The average Bonchev–Trinajstić information content (AvgIpc) is 3.00. The first-order chi connectivity index (χ1) is 12.7. The first-order valence-corrected chi connectivity index (χ1v) is 7.56. The molecule has 0 unspecified atom stereocenters. The van der Waals surface area contributed by atoms with Gasteiger partial charge in [0.05, 0.1) is 11.6 Å². The summed E-state index contributed by atoms with van der Waals surface area (Å²) in [5.74, 6) is -0.163. The smallest absolute Gasteiger partial charge is 0.316 e. The molecule has 116 valence electrons. The van der Waals surface area contributed by atoms with Gasteiger partial charge in [0.2, 0.25) is 0 Å². The van der Waals surface area contributed by atoms with Gasteiger partial charge in [-0.2, -0.15) is 15.2 Å². The van der Waals surface area contributed by atoms with E-state index in [1.54, 1.807) is 6.07 Å². The quantitative estimate of drug-likeness (QED) is 0.397. The van der Waals surface area contributed by atoms with Crippen LogP contribution in [0, 0.1) is 24.5 Å². The molecule has 0 saturated heterocycles. The zero-order chi connectivity index (χ0) is 17.8. The molecule has 0 N–H and O–H groups in total. The summed E-state index contributed by atoms with van der Waals surface area (Å²) >= 11 is 0. The van der Waals surface area contributed by atoms with Gasteiger partial charge in [-0.3, -0.25) is 0 Å². The minimum atomic E-state index is -0.0813. The SMILES string of the molecule is [C-]#[N+]c1nc2nc3c(nc2nc1[N+]#[C-])-c1ccc(C#N)c2cccc-3c12. The monoisotopic (exact) mass is 331 g/mol. The molecular formula is C19H5N7. The van der Waals surface area contributed by atoms with E-state index in [-0.39, 0.29) is 22.9 Å². The molecule has 2 heterocycles. The van der Waals surface area contributed by atoms with Crippen molar-refractivity contribution in [1.29, 1.82) is 5.26 Å². The number of hydrogen-bond acceptors (Lipinski definition) is 5. The first kappa shape index (κ1) is 14.0. The Morgan fingerprint density at radius 1 is 0.808 bits per heavy atom. The highest BCUT2D eigenvalue weighted by Crippen LogP contribution is 2.46. The summed E-state index contributed by atoms with van der Waals surface area (Å²) in [6, 6.07) is 11.5. The summed E-state index contributed by atoms with van der Waals surface area (Å²) in [5.41, 5.74) is 4.09. The molecule has 7 heteroatoms. The van der Waals surface area contributed by atoms with Crippen LogP contribution in [0.4, 0.5) is 11.6 Å². The third kappa shape index (κ3) is 1.62. The Labute approximate surface area is 146 Å². The lowest BCUT2D eigenvalue weighted by atomic mass is 10.00. The summed E-state index contributed by atoms with van der Waals surface area (Å²) in [4.78, 5) is 23.9. The predicted molar refractivity (Wildman–Crippen MR) is 94.3 cm³/mol. The maximum Gasteiger partial charge on any atom is 0.316 e. The van der Waals surface area contributed by atoms with Crippen molar-refractivity contribution in [3.63, 3.8) is 0 Å². The average molecular weight is 331 g/mol. The van der Waals surface area contributed by atoms with Crippen molar-refractivity contribution in [3.8, 4) is 28.6 Å². The minimum absolute atomic E-state index is 0.0813. The number of rotatable bonds is 0. The number of aromatic nitrogens is 4. The van der Waals surface area contributed by atoms with Gasteiger partial charge in [0.15, 0.2) is 0 Å². The van der Waals surface area contributed by atoms with Crippen LogP contribution in [-0.4, -0.2) is 19.9 Å². The van der Waals surface area contributed by atoms with Crippen molar-refractivity contribution in [2.45, 2.75) is 0 Å². The fourth-order valence-corrected chi connectivity index (χ4v) is 3.29. The molecule has 0 fully saturated rings. The van der Waals surface area contributed by atoms with E-state index in [0.29, 0.717) is 17.0 Å². The van der Waals surface area contributed by atoms with E-state index in [1.807, 2.05) is 24.3 Å². The standard InChI is InChI=1S/C19H5N7/c1-21-16-17(22-2)26-19-18(25-16)23-14-11-5-3-4-10-9(8-20)6-7-12(13(10)11)15(14)24-19/h3-7H. The second-order valence-corrected chi connectivity index (χ2v) is 5.66. The van der Waals surface area contributed by atoms with Crippen LogP contribution in [0.3, 0.4) is 0 Å². The van der Waals surface area contributed by atoms with Crippen LogP contribution >= 0.6 is 0 Å². The molecule has 0 amide bonds. The zero-order valence-electron chi connectivity index (χ0n) is 13.0. The van der Waals surface area contributed by atoms with Crippen LogP contribution in [0.25, 0.3) is 54.3 Å². The van der Waals surface area contributed by atoms with E-state index >= 15 is 0 Å². The topological polar surface area (TPSA) is 84.1 Å². The van der Waals surface area contributed by atoms with E-state index in [9.17, 15) is 5.26 Å². The van der Waals surface area contributed by atoms with Crippen molar-refractivity contribution >= 4 is 33.7 Å². The fraction of sp³-hybridized carbons (Fsp3) is 0. The lowest BCUT2D eigenvalue weighted by Crippen LogP contribution is -1.95. The Morgan fingerprint density at radius 3 is 2.00 bits per heavy atom. The van der Waals surface area contributed by atoms with Crippen LogP contribution in [0.5, 0.6) is 0 Å². The molecule has 0 aliphatic heterocycles. The highest BCUT2D eigenvalue weighted by atomic mass is 15.1. The van der Waals surface area contributed by atoms with Crippen LogP contribution < -0.4 is 0 Å². The fourth-order valence-electron chi connectivity index (χ4n) is 3.29. The molecule has 2 aromatic heterocycles. The molecule has 26 heavy (non-hydrogen) atoms. The van der Waals surface area contributed by atoms with Crippen molar-refractivity contribution < 1.29 is 0 Å². The van der Waals surface area contributed by atoms with Crippen LogP contribution in [0.2, 0.25) is 0 Å². The van der Waals surface area contributed by atoms with Gasteiger partial charge >= 0.3 is 11.3 Å². The first-order valence-electron chi connectivity index (χ1n) is 7.56. The third-order valence-electron chi connectivity index (χ3n) is 4.37. The van der Waals surface area contributed by atoms with E-state index in [0.717, 1.165) is 21.9 Å². The van der Waals surface area contributed by atoms with Crippen LogP contribution in [0.1, 0.15) is 5.56 Å². The number of nitriles is 1. The number of benzene rings is 2. The Kier molecular flexibility index (Phi) is 2.58. The highest BCUT2D eigenvalue weighted by Gasteiger charge is 2.28. The maximum absolute atomic E-state index is 9.37. The van der Waals surface area contributed by atoms with Crippen LogP contribution in [-0.2, 0) is 0 Å². The van der Waals surface area contributed by atoms with Crippen molar-refractivity contribution in [1.82, 2.24) is 19.9 Å². The maximum atomic E-state index is 9.37. The second kappa shape index (κ2) is 4.80. The highest BCUT2D eigenvalue weighted by molar-refractivity contribution is 6.15. The molecule has 0 bridgehead atoms. The molecule has 0 saturated carbocycles. The molecule has 4 aromatic rings. The number of hydrogen-bond donors (Lipinski definition) is 0. The van der Waals surface area contributed by atoms with E-state index in [1.165, 1.54) is 0 Å². The Hall–Kier alpha value is -4.41. The Bertz CT molecular complexity index is 1350. The van der Waals surface area contributed by atoms with Crippen molar-refractivity contribution in [2.75, 3.05) is 0 Å². The summed E-state index contributed by atoms with van der Waals surface area (Å²) in [6.07, 6.45) is 0. The summed E-state index contributed by atoms with van der Waals surface area (Å²) in [7, 11) is 0. The molecule has 0 atom stereocenters.